The van der Waals surface area contributed by atoms with Gasteiger partial charge in [0.2, 0.25) is 0 Å². The van der Waals surface area contributed by atoms with E-state index >= 15 is 0 Å². The van der Waals surface area contributed by atoms with Gasteiger partial charge in [0, 0.05) is 49.7 Å². The minimum Gasteiger partial charge on any atom is -0.493 e. The zero-order chi connectivity index (χ0) is 25.1. The van der Waals surface area contributed by atoms with Gasteiger partial charge in [0.05, 0.1) is 19.4 Å². The van der Waals surface area contributed by atoms with Crippen molar-refractivity contribution in [1.29, 1.82) is 0 Å². The summed E-state index contributed by atoms with van der Waals surface area (Å²) in [5.41, 5.74) is 1.25. The van der Waals surface area contributed by atoms with Crippen LogP contribution < -0.4 is 18.9 Å². The molecule has 188 valence electrons. The molecular formula is C29H32N2O5. The fourth-order valence-electron chi connectivity index (χ4n) is 5.01. The number of hydrogen-bond acceptors (Lipinski definition) is 6. The summed E-state index contributed by atoms with van der Waals surface area (Å²) in [5.74, 6) is 2.77. The highest BCUT2D eigenvalue weighted by Crippen LogP contribution is 2.46. The molecule has 1 saturated heterocycles. The number of methoxy groups -OCH3 is 1. The Hall–Kier alpha value is -3.74. The van der Waals surface area contributed by atoms with Crippen molar-refractivity contribution in [2.24, 2.45) is 0 Å². The van der Waals surface area contributed by atoms with Crippen LogP contribution in [0.2, 0.25) is 0 Å². The molecule has 1 atom stereocenters. The molecule has 0 aliphatic carbocycles. The third kappa shape index (κ3) is 4.96. The third-order valence-corrected chi connectivity index (χ3v) is 6.80. The first kappa shape index (κ1) is 24.0. The molecular weight excluding hydrogens is 456 g/mol. The van der Waals surface area contributed by atoms with Gasteiger partial charge in [-0.25, -0.2) is 0 Å². The van der Waals surface area contributed by atoms with E-state index in [0.29, 0.717) is 30.2 Å². The monoisotopic (exact) mass is 488 g/mol. The summed E-state index contributed by atoms with van der Waals surface area (Å²) in [6, 6.07) is 17.2. The van der Waals surface area contributed by atoms with Gasteiger partial charge < -0.3 is 23.8 Å². The number of hydrogen-bond donors (Lipinski definition) is 0. The normalized spacial score (nSPS) is 18.3. The Balaban J connectivity index is 1.30. The van der Waals surface area contributed by atoms with Crippen molar-refractivity contribution in [2.75, 3.05) is 20.2 Å². The molecule has 0 N–H and O–H groups in total. The number of piperidine rings is 1. The van der Waals surface area contributed by atoms with Gasteiger partial charge in [0.25, 0.3) is 5.91 Å². The first-order valence-corrected chi connectivity index (χ1v) is 12.4. The second-order valence-electron chi connectivity index (χ2n) is 9.65. The molecule has 1 unspecified atom stereocenters. The average molecular weight is 489 g/mol. The molecule has 0 bridgehead atoms. The van der Waals surface area contributed by atoms with Crippen LogP contribution in [0.5, 0.6) is 23.0 Å². The van der Waals surface area contributed by atoms with E-state index in [1.807, 2.05) is 49.1 Å². The van der Waals surface area contributed by atoms with Crippen molar-refractivity contribution < 1.29 is 23.7 Å². The van der Waals surface area contributed by atoms with Crippen molar-refractivity contribution in [3.63, 3.8) is 0 Å². The number of benzene rings is 2. The van der Waals surface area contributed by atoms with Crippen LogP contribution in [0.15, 0.2) is 67.0 Å². The number of ether oxygens (including phenoxy) is 4. The molecule has 1 fully saturated rings. The zero-order valence-corrected chi connectivity index (χ0v) is 21.0. The minimum atomic E-state index is -0.384. The van der Waals surface area contributed by atoms with Gasteiger partial charge in [0.15, 0.2) is 11.5 Å². The predicted octanol–water partition coefficient (Wildman–Crippen LogP) is 5.46. The fourth-order valence-corrected chi connectivity index (χ4v) is 5.01. The number of likely N-dealkylation sites (tertiary alicyclic amines) is 1. The van der Waals surface area contributed by atoms with Crippen molar-refractivity contribution in [3.05, 3.63) is 78.1 Å². The van der Waals surface area contributed by atoms with E-state index in [0.717, 1.165) is 36.3 Å². The Kier molecular flexibility index (Phi) is 6.72. The van der Waals surface area contributed by atoms with Crippen LogP contribution in [0.25, 0.3) is 0 Å². The van der Waals surface area contributed by atoms with E-state index in [-0.39, 0.29) is 23.7 Å². The molecule has 0 saturated carbocycles. The van der Waals surface area contributed by atoms with Crippen LogP contribution in [-0.4, -0.2) is 47.7 Å². The number of aromatic nitrogens is 1. The van der Waals surface area contributed by atoms with Crippen LogP contribution in [0.4, 0.5) is 0 Å². The number of para-hydroxylation sites is 1. The molecule has 1 spiro atoms. The lowest BCUT2D eigenvalue weighted by Gasteiger charge is -2.46. The molecule has 36 heavy (non-hydrogen) atoms. The van der Waals surface area contributed by atoms with Crippen molar-refractivity contribution in [2.45, 2.75) is 50.9 Å². The molecule has 2 aromatic carbocycles. The molecule has 1 amide bonds. The predicted molar refractivity (Wildman–Crippen MR) is 136 cm³/mol. The molecule has 2 aliphatic heterocycles. The maximum atomic E-state index is 13.3. The highest BCUT2D eigenvalue weighted by molar-refractivity contribution is 5.95. The molecule has 3 aromatic rings. The Morgan fingerprint density at radius 1 is 1.08 bits per heavy atom. The van der Waals surface area contributed by atoms with Crippen LogP contribution >= 0.6 is 0 Å². The standard InChI is InChI=1S/C29H32N2O5/c1-20(2)34-25-11-10-21(17-26(25)33-3)28(32)31-15-12-29(13-16-31)18-27(35-22-7-6-14-30-19-22)23-8-4-5-9-24(23)36-29/h4-11,14,17,19-20,27H,12-13,15-16,18H2,1-3H3. The molecule has 1 aromatic heterocycles. The first-order valence-electron chi connectivity index (χ1n) is 12.4. The van der Waals surface area contributed by atoms with Gasteiger partial charge in [-0.15, -0.1) is 0 Å². The van der Waals surface area contributed by atoms with Crippen LogP contribution in [0, 0.1) is 0 Å². The fraction of sp³-hybridized carbons (Fsp3) is 0.379. The Morgan fingerprint density at radius 2 is 1.89 bits per heavy atom. The zero-order valence-electron chi connectivity index (χ0n) is 21.0. The van der Waals surface area contributed by atoms with Crippen molar-refractivity contribution in [1.82, 2.24) is 9.88 Å². The molecule has 7 heteroatoms. The van der Waals surface area contributed by atoms with Crippen LogP contribution in [0.1, 0.15) is 55.1 Å². The average Bonchev–Trinajstić information content (AvgIpc) is 2.89. The highest BCUT2D eigenvalue weighted by atomic mass is 16.5. The maximum absolute atomic E-state index is 13.3. The molecule has 2 aliphatic rings. The van der Waals surface area contributed by atoms with Gasteiger partial charge in [-0.1, -0.05) is 18.2 Å². The van der Waals surface area contributed by atoms with E-state index in [9.17, 15) is 4.79 Å². The van der Waals surface area contributed by atoms with Gasteiger partial charge in [-0.2, -0.15) is 0 Å². The quantitative estimate of drug-likeness (QED) is 0.459. The number of nitrogens with zero attached hydrogens (tertiary/aromatic N) is 2. The lowest BCUT2D eigenvalue weighted by Crippen LogP contribution is -2.52. The van der Waals surface area contributed by atoms with Gasteiger partial charge >= 0.3 is 0 Å². The van der Waals surface area contributed by atoms with Crippen LogP contribution in [0.3, 0.4) is 0 Å². The second-order valence-corrected chi connectivity index (χ2v) is 9.65. The summed E-state index contributed by atoms with van der Waals surface area (Å²) in [4.78, 5) is 19.4. The number of fused-ring (bicyclic) bond motifs is 1. The Morgan fingerprint density at radius 3 is 2.61 bits per heavy atom. The second kappa shape index (κ2) is 10.1. The number of carbonyl (C=O) groups excluding carboxylic acids is 1. The Labute approximate surface area is 212 Å². The third-order valence-electron chi connectivity index (χ3n) is 6.80. The summed E-state index contributed by atoms with van der Waals surface area (Å²) in [7, 11) is 1.59. The molecule has 3 heterocycles. The summed E-state index contributed by atoms with van der Waals surface area (Å²) >= 11 is 0. The van der Waals surface area contributed by atoms with Crippen LogP contribution in [-0.2, 0) is 0 Å². The van der Waals surface area contributed by atoms with E-state index in [4.69, 9.17) is 18.9 Å². The summed E-state index contributed by atoms with van der Waals surface area (Å²) in [6.45, 7) is 5.13. The largest absolute Gasteiger partial charge is 0.493 e. The van der Waals surface area contributed by atoms with Gasteiger partial charge in [0.1, 0.15) is 23.2 Å². The maximum Gasteiger partial charge on any atom is 0.253 e. The first-order chi connectivity index (χ1) is 17.5. The Bertz CT molecular complexity index is 1210. The number of carbonyl (C=O) groups is 1. The number of rotatable bonds is 6. The summed E-state index contributed by atoms with van der Waals surface area (Å²) < 4.78 is 24.2. The molecule has 0 radical (unpaired) electrons. The van der Waals surface area contributed by atoms with Crippen molar-refractivity contribution >= 4 is 5.91 Å². The SMILES string of the molecule is COc1cc(C(=O)N2CCC3(CC2)CC(Oc2cccnc2)c2ccccc2O3)ccc1OC(C)C. The lowest BCUT2D eigenvalue weighted by atomic mass is 9.81. The van der Waals surface area contributed by atoms with Gasteiger partial charge in [-0.3, -0.25) is 9.78 Å². The van der Waals surface area contributed by atoms with E-state index in [1.54, 1.807) is 37.7 Å². The van der Waals surface area contributed by atoms with Gasteiger partial charge in [-0.05, 0) is 50.2 Å². The molecule has 5 rings (SSSR count). The summed E-state index contributed by atoms with van der Waals surface area (Å²) in [5, 5.41) is 0. The highest BCUT2D eigenvalue weighted by Gasteiger charge is 2.45. The number of amides is 1. The topological polar surface area (TPSA) is 70.1 Å². The lowest BCUT2D eigenvalue weighted by molar-refractivity contribution is -0.0437. The van der Waals surface area contributed by atoms with E-state index in [1.165, 1.54) is 0 Å². The molecule has 7 nitrogen and oxygen atoms in total. The summed E-state index contributed by atoms with van der Waals surface area (Å²) in [6.07, 6.45) is 5.52. The van der Waals surface area contributed by atoms with E-state index in [2.05, 4.69) is 11.1 Å². The van der Waals surface area contributed by atoms with Crippen molar-refractivity contribution in [3.8, 4) is 23.0 Å². The minimum absolute atomic E-state index is 0.0152. The number of pyridine rings is 1. The smallest absolute Gasteiger partial charge is 0.253 e. The van der Waals surface area contributed by atoms with E-state index < -0.39 is 0 Å².